The summed E-state index contributed by atoms with van der Waals surface area (Å²) < 4.78 is 5.45. The summed E-state index contributed by atoms with van der Waals surface area (Å²) in [4.78, 5) is 16.6. The molecular formula is C14H22N4O2. The number of nitrogens with two attached hydrogens (primary N) is 1. The maximum Gasteiger partial charge on any atom is 0.251 e. The number of rotatable bonds is 5. The van der Waals surface area contributed by atoms with E-state index in [4.69, 9.17) is 10.6 Å². The van der Waals surface area contributed by atoms with E-state index in [1.54, 1.807) is 6.07 Å². The average molecular weight is 278 g/mol. The Morgan fingerprint density at radius 2 is 2.35 bits per heavy atom. The van der Waals surface area contributed by atoms with Gasteiger partial charge in [0, 0.05) is 17.9 Å². The number of nitrogen functional groups attached to an aromatic ring is 1. The third kappa shape index (κ3) is 3.46. The predicted octanol–water partition coefficient (Wildman–Crippen LogP) is 1.23. The predicted molar refractivity (Wildman–Crippen MR) is 77.3 cm³/mol. The van der Waals surface area contributed by atoms with Gasteiger partial charge in [-0.3, -0.25) is 4.79 Å². The quantitative estimate of drug-likeness (QED) is 0.557. The van der Waals surface area contributed by atoms with Gasteiger partial charge in [0.25, 0.3) is 5.91 Å². The van der Waals surface area contributed by atoms with Crippen molar-refractivity contribution in [3.8, 4) is 0 Å². The molecule has 1 fully saturated rings. The molecule has 110 valence electrons. The number of nitrogens with zero attached hydrogens (tertiary/aromatic N) is 1. The Labute approximate surface area is 119 Å². The molecular weight excluding hydrogens is 256 g/mol. The highest BCUT2D eigenvalue weighted by Crippen LogP contribution is 2.15. The Balaban J connectivity index is 2.13. The Hall–Kier alpha value is -1.66. The van der Waals surface area contributed by atoms with Gasteiger partial charge in [-0.2, -0.15) is 0 Å². The van der Waals surface area contributed by atoms with Gasteiger partial charge in [-0.1, -0.05) is 13.3 Å². The molecule has 0 spiro atoms. The summed E-state index contributed by atoms with van der Waals surface area (Å²) in [5.41, 5.74) is 3.95. The normalized spacial score (nSPS) is 21.8. The summed E-state index contributed by atoms with van der Waals surface area (Å²) in [5, 5.41) is 3.01. The molecule has 6 heteroatoms. The van der Waals surface area contributed by atoms with Gasteiger partial charge in [-0.25, -0.2) is 10.8 Å². The number of pyridine rings is 1. The van der Waals surface area contributed by atoms with Crippen LogP contribution in [0.4, 0.5) is 5.82 Å². The van der Waals surface area contributed by atoms with Crippen LogP contribution in [-0.2, 0) is 11.2 Å². The maximum atomic E-state index is 12.3. The molecule has 1 aliphatic rings. The monoisotopic (exact) mass is 278 g/mol. The third-order valence-electron chi connectivity index (χ3n) is 3.49. The number of nitrogens with one attached hydrogen (secondary N) is 2. The summed E-state index contributed by atoms with van der Waals surface area (Å²) in [6, 6.07) is 3.55. The number of hydrazine groups is 1. The number of amides is 1. The summed E-state index contributed by atoms with van der Waals surface area (Å²) in [5.74, 6) is 5.81. The number of ether oxygens (including phenoxy) is 1. The van der Waals surface area contributed by atoms with Crippen LogP contribution in [0.15, 0.2) is 12.1 Å². The van der Waals surface area contributed by atoms with Crippen molar-refractivity contribution >= 4 is 11.7 Å². The van der Waals surface area contributed by atoms with Crippen LogP contribution in [0.1, 0.15) is 42.7 Å². The van der Waals surface area contributed by atoms with Crippen LogP contribution in [-0.4, -0.2) is 29.6 Å². The van der Waals surface area contributed by atoms with Gasteiger partial charge in [0.15, 0.2) is 0 Å². The average Bonchev–Trinajstić information content (AvgIpc) is 2.84. The minimum absolute atomic E-state index is 0.0583. The maximum absolute atomic E-state index is 12.3. The molecule has 0 saturated carbocycles. The second kappa shape index (κ2) is 6.67. The molecule has 4 N–H and O–H groups in total. The summed E-state index contributed by atoms with van der Waals surface area (Å²) in [6.45, 7) is 4.74. The SMILES string of the molecule is CCCc1cc(C(=O)NC2CCOC2C)cc(NN)n1. The second-order valence-corrected chi connectivity index (χ2v) is 5.07. The van der Waals surface area contributed by atoms with Crippen LogP contribution < -0.4 is 16.6 Å². The molecule has 0 bridgehead atoms. The van der Waals surface area contributed by atoms with Gasteiger partial charge in [0.2, 0.25) is 0 Å². The van der Waals surface area contributed by atoms with Crippen molar-refractivity contribution in [1.82, 2.24) is 10.3 Å². The first-order chi connectivity index (χ1) is 9.63. The van der Waals surface area contributed by atoms with E-state index in [-0.39, 0.29) is 18.1 Å². The van der Waals surface area contributed by atoms with E-state index in [2.05, 4.69) is 22.7 Å². The number of hydrogen-bond donors (Lipinski definition) is 3. The number of aromatic nitrogens is 1. The number of hydrogen-bond acceptors (Lipinski definition) is 5. The van der Waals surface area contributed by atoms with E-state index in [1.807, 2.05) is 13.0 Å². The first-order valence-electron chi connectivity index (χ1n) is 7.04. The van der Waals surface area contributed by atoms with Crippen molar-refractivity contribution in [3.63, 3.8) is 0 Å². The van der Waals surface area contributed by atoms with E-state index in [0.717, 1.165) is 25.0 Å². The van der Waals surface area contributed by atoms with Crippen molar-refractivity contribution in [3.05, 3.63) is 23.4 Å². The lowest BCUT2D eigenvalue weighted by Gasteiger charge is -2.16. The number of aryl methyl sites for hydroxylation is 1. The lowest BCUT2D eigenvalue weighted by atomic mass is 10.1. The van der Waals surface area contributed by atoms with Crippen LogP contribution in [0.2, 0.25) is 0 Å². The Bertz CT molecular complexity index is 478. The van der Waals surface area contributed by atoms with E-state index in [1.165, 1.54) is 0 Å². The van der Waals surface area contributed by atoms with Gasteiger partial charge in [-0.05, 0) is 31.9 Å². The molecule has 1 amide bonds. The van der Waals surface area contributed by atoms with Gasteiger partial charge in [0.1, 0.15) is 5.82 Å². The Morgan fingerprint density at radius 3 is 2.95 bits per heavy atom. The highest BCUT2D eigenvalue weighted by molar-refractivity contribution is 5.95. The van der Waals surface area contributed by atoms with E-state index >= 15 is 0 Å². The van der Waals surface area contributed by atoms with E-state index in [0.29, 0.717) is 18.0 Å². The first kappa shape index (κ1) is 14.7. The molecule has 2 atom stereocenters. The fraction of sp³-hybridized carbons (Fsp3) is 0.571. The van der Waals surface area contributed by atoms with E-state index < -0.39 is 0 Å². The molecule has 6 nitrogen and oxygen atoms in total. The van der Waals surface area contributed by atoms with Crippen LogP contribution in [0.5, 0.6) is 0 Å². The fourth-order valence-electron chi connectivity index (χ4n) is 2.35. The van der Waals surface area contributed by atoms with Gasteiger partial charge in [-0.15, -0.1) is 0 Å². The van der Waals surface area contributed by atoms with Crippen molar-refractivity contribution in [2.45, 2.75) is 45.3 Å². The van der Waals surface area contributed by atoms with Gasteiger partial charge < -0.3 is 15.5 Å². The first-order valence-corrected chi connectivity index (χ1v) is 7.04. The lowest BCUT2D eigenvalue weighted by molar-refractivity contribution is 0.0866. The highest BCUT2D eigenvalue weighted by atomic mass is 16.5. The van der Waals surface area contributed by atoms with Gasteiger partial charge in [0.05, 0.1) is 12.1 Å². The van der Waals surface area contributed by atoms with E-state index in [9.17, 15) is 4.79 Å². The Morgan fingerprint density at radius 1 is 1.55 bits per heavy atom. The minimum Gasteiger partial charge on any atom is -0.376 e. The molecule has 1 aromatic heterocycles. The smallest absolute Gasteiger partial charge is 0.251 e. The standard InChI is InChI=1S/C14H22N4O2/c1-3-4-11-7-10(8-13(16-11)18-15)14(19)17-12-5-6-20-9(12)2/h7-9,12H,3-6,15H2,1-2H3,(H,16,18)(H,17,19). The van der Waals surface area contributed by atoms with Crippen molar-refractivity contribution in [2.75, 3.05) is 12.0 Å². The van der Waals surface area contributed by atoms with Crippen molar-refractivity contribution < 1.29 is 9.53 Å². The van der Waals surface area contributed by atoms with Gasteiger partial charge >= 0.3 is 0 Å². The Kier molecular flexibility index (Phi) is 4.92. The van der Waals surface area contributed by atoms with Crippen molar-refractivity contribution in [1.29, 1.82) is 0 Å². The molecule has 2 rings (SSSR count). The molecule has 2 heterocycles. The zero-order valence-electron chi connectivity index (χ0n) is 12.0. The number of carbonyl (C=O) groups excluding carboxylic acids is 1. The molecule has 20 heavy (non-hydrogen) atoms. The highest BCUT2D eigenvalue weighted by Gasteiger charge is 2.26. The summed E-state index contributed by atoms with van der Waals surface area (Å²) in [6.07, 6.45) is 2.69. The topological polar surface area (TPSA) is 89.3 Å². The molecule has 2 unspecified atom stereocenters. The van der Waals surface area contributed by atoms with Crippen LogP contribution in [0.25, 0.3) is 0 Å². The molecule has 1 saturated heterocycles. The molecule has 0 radical (unpaired) electrons. The van der Waals surface area contributed by atoms with Crippen molar-refractivity contribution in [2.24, 2.45) is 5.84 Å². The van der Waals surface area contributed by atoms with Crippen LogP contribution in [0, 0.1) is 0 Å². The zero-order valence-corrected chi connectivity index (χ0v) is 12.0. The third-order valence-corrected chi connectivity index (χ3v) is 3.49. The second-order valence-electron chi connectivity index (χ2n) is 5.07. The minimum atomic E-state index is -0.108. The summed E-state index contributed by atoms with van der Waals surface area (Å²) >= 11 is 0. The lowest BCUT2D eigenvalue weighted by Crippen LogP contribution is -2.39. The molecule has 0 aromatic carbocycles. The molecule has 1 aliphatic heterocycles. The van der Waals surface area contributed by atoms with Crippen LogP contribution >= 0.6 is 0 Å². The zero-order chi connectivity index (χ0) is 14.5. The molecule has 1 aromatic rings. The fourth-order valence-corrected chi connectivity index (χ4v) is 2.35. The largest absolute Gasteiger partial charge is 0.376 e. The number of anilines is 1. The van der Waals surface area contributed by atoms with Crippen LogP contribution in [0.3, 0.4) is 0 Å². The molecule has 0 aliphatic carbocycles. The number of carbonyl (C=O) groups is 1. The summed E-state index contributed by atoms with van der Waals surface area (Å²) in [7, 11) is 0.